The van der Waals surface area contributed by atoms with Crippen LogP contribution < -0.4 is 5.32 Å². The van der Waals surface area contributed by atoms with Gasteiger partial charge in [0.05, 0.1) is 6.04 Å². The van der Waals surface area contributed by atoms with Crippen molar-refractivity contribution in [1.82, 2.24) is 10.3 Å². The van der Waals surface area contributed by atoms with E-state index < -0.39 is 6.04 Å². The minimum absolute atomic E-state index is 0.0667. The maximum absolute atomic E-state index is 12.2. The summed E-state index contributed by atoms with van der Waals surface area (Å²) in [5, 5.41) is 15.2. The molecule has 2 N–H and O–H groups in total. The second-order valence-electron chi connectivity index (χ2n) is 5.88. The number of carbonyl (C=O) groups excluding carboxylic acids is 1. The molecule has 2 aromatic carbocycles. The summed E-state index contributed by atoms with van der Waals surface area (Å²) in [4.78, 5) is 16.5. The lowest BCUT2D eigenvalue weighted by molar-refractivity contribution is -0.121. The van der Waals surface area contributed by atoms with Crippen LogP contribution in [0.1, 0.15) is 36.9 Å². The summed E-state index contributed by atoms with van der Waals surface area (Å²) >= 11 is 5.98. The predicted octanol–water partition coefficient (Wildman–Crippen LogP) is 4.60. The monoisotopic (exact) mass is 354 g/mol. The zero-order chi connectivity index (χ0) is 17.8. The molecule has 3 aromatic rings. The number of rotatable bonds is 5. The summed E-state index contributed by atoms with van der Waals surface area (Å²) in [6.45, 7) is 1.95. The first kappa shape index (κ1) is 17.2. The fourth-order valence-electron chi connectivity index (χ4n) is 2.83. The Morgan fingerprint density at radius 1 is 1.20 bits per heavy atom. The van der Waals surface area contributed by atoms with Crippen LogP contribution in [0.3, 0.4) is 0 Å². The Morgan fingerprint density at radius 2 is 1.96 bits per heavy atom. The highest BCUT2D eigenvalue weighted by atomic mass is 35.5. The van der Waals surface area contributed by atoms with Crippen molar-refractivity contribution in [3.8, 4) is 5.75 Å². The Morgan fingerprint density at radius 3 is 2.68 bits per heavy atom. The number of hydrogen-bond donors (Lipinski definition) is 2. The number of pyridine rings is 1. The normalized spacial score (nSPS) is 12.1. The maximum atomic E-state index is 12.2. The molecule has 25 heavy (non-hydrogen) atoms. The number of hydrogen-bond acceptors (Lipinski definition) is 3. The quantitative estimate of drug-likeness (QED) is 0.703. The van der Waals surface area contributed by atoms with E-state index in [2.05, 4.69) is 10.3 Å². The van der Waals surface area contributed by atoms with Gasteiger partial charge in [0.25, 0.3) is 0 Å². The van der Waals surface area contributed by atoms with E-state index >= 15 is 0 Å². The Kier molecular flexibility index (Phi) is 5.19. The summed E-state index contributed by atoms with van der Waals surface area (Å²) in [5.41, 5.74) is 1.97. The number of amides is 1. The first-order chi connectivity index (χ1) is 12.1. The van der Waals surface area contributed by atoms with Gasteiger partial charge >= 0.3 is 0 Å². The van der Waals surface area contributed by atoms with Crippen LogP contribution in [-0.4, -0.2) is 16.0 Å². The van der Waals surface area contributed by atoms with Crippen molar-refractivity contribution in [2.24, 2.45) is 0 Å². The Hall–Kier alpha value is -2.59. The molecular formula is C20H19ClN2O2. The maximum Gasteiger partial charge on any atom is 0.220 e. The third kappa shape index (κ3) is 3.74. The van der Waals surface area contributed by atoms with E-state index in [9.17, 15) is 9.90 Å². The SMILES string of the molecule is CCCC(=O)N[C@@H](c1ccc(Cl)cc1)c1ccc2cccnc2c1O. The molecule has 4 nitrogen and oxygen atoms in total. The summed E-state index contributed by atoms with van der Waals surface area (Å²) in [7, 11) is 0. The van der Waals surface area contributed by atoms with Gasteiger partial charge < -0.3 is 10.4 Å². The molecule has 0 fully saturated rings. The average Bonchev–Trinajstić information content (AvgIpc) is 2.62. The van der Waals surface area contributed by atoms with Crippen molar-refractivity contribution in [2.75, 3.05) is 0 Å². The molecule has 0 aliphatic rings. The van der Waals surface area contributed by atoms with Gasteiger partial charge in [-0.2, -0.15) is 0 Å². The minimum atomic E-state index is -0.470. The molecule has 1 heterocycles. The molecule has 0 spiro atoms. The van der Waals surface area contributed by atoms with E-state index in [1.54, 1.807) is 18.3 Å². The highest BCUT2D eigenvalue weighted by Gasteiger charge is 2.21. The number of phenolic OH excluding ortho intramolecular Hbond substituents is 1. The third-order valence-electron chi connectivity index (χ3n) is 4.08. The van der Waals surface area contributed by atoms with E-state index in [1.165, 1.54) is 0 Å². The highest BCUT2D eigenvalue weighted by Crippen LogP contribution is 2.34. The van der Waals surface area contributed by atoms with Crippen LogP contribution >= 0.6 is 11.6 Å². The number of phenols is 1. The number of halogens is 1. The standard InChI is InChI=1S/C20H19ClN2O2/c1-2-4-17(24)23-18(14-6-9-15(21)10-7-14)16-11-8-13-5-3-12-22-19(13)20(16)25/h3,5-12,18,25H,2,4H2,1H3,(H,23,24)/t18-/m0/s1. The number of aromatic nitrogens is 1. The Balaban J connectivity index is 2.08. The van der Waals surface area contributed by atoms with Crippen molar-refractivity contribution in [2.45, 2.75) is 25.8 Å². The van der Waals surface area contributed by atoms with Crippen LogP contribution in [0.2, 0.25) is 5.02 Å². The van der Waals surface area contributed by atoms with Gasteiger partial charge in [-0.25, -0.2) is 0 Å². The topological polar surface area (TPSA) is 62.2 Å². The van der Waals surface area contributed by atoms with Crippen LogP contribution in [0.25, 0.3) is 10.9 Å². The molecule has 0 aliphatic carbocycles. The van der Waals surface area contributed by atoms with Gasteiger partial charge in [-0.15, -0.1) is 0 Å². The molecule has 128 valence electrons. The molecule has 1 amide bonds. The van der Waals surface area contributed by atoms with E-state index in [1.807, 2.05) is 43.3 Å². The molecular weight excluding hydrogens is 336 g/mol. The molecule has 0 unspecified atom stereocenters. The lowest BCUT2D eigenvalue weighted by atomic mass is 9.96. The van der Waals surface area contributed by atoms with E-state index in [0.29, 0.717) is 22.5 Å². The highest BCUT2D eigenvalue weighted by molar-refractivity contribution is 6.30. The number of fused-ring (bicyclic) bond motifs is 1. The molecule has 3 rings (SSSR count). The molecule has 0 aliphatic heterocycles. The summed E-state index contributed by atoms with van der Waals surface area (Å²) in [6.07, 6.45) is 2.82. The van der Waals surface area contributed by atoms with Crippen LogP contribution in [0.15, 0.2) is 54.7 Å². The lowest BCUT2D eigenvalue weighted by Gasteiger charge is -2.21. The van der Waals surface area contributed by atoms with Crippen LogP contribution in [0.5, 0.6) is 5.75 Å². The number of carbonyl (C=O) groups is 1. The van der Waals surface area contributed by atoms with Crippen molar-refractivity contribution >= 4 is 28.4 Å². The third-order valence-corrected chi connectivity index (χ3v) is 4.33. The summed E-state index contributed by atoms with van der Waals surface area (Å²) < 4.78 is 0. The lowest BCUT2D eigenvalue weighted by Crippen LogP contribution is -2.29. The molecule has 0 saturated carbocycles. The van der Waals surface area contributed by atoms with Crippen molar-refractivity contribution in [1.29, 1.82) is 0 Å². The van der Waals surface area contributed by atoms with Gasteiger partial charge in [-0.05, 0) is 30.2 Å². The van der Waals surface area contributed by atoms with E-state index in [0.717, 1.165) is 17.4 Å². The van der Waals surface area contributed by atoms with Gasteiger partial charge in [0.1, 0.15) is 11.3 Å². The first-order valence-electron chi connectivity index (χ1n) is 8.21. The van der Waals surface area contributed by atoms with Crippen LogP contribution in [-0.2, 0) is 4.79 Å². The number of nitrogens with one attached hydrogen (secondary N) is 1. The Labute approximate surface area is 151 Å². The predicted molar refractivity (Wildman–Crippen MR) is 99.8 cm³/mol. The molecule has 0 radical (unpaired) electrons. The van der Waals surface area contributed by atoms with Gasteiger partial charge in [-0.3, -0.25) is 9.78 Å². The van der Waals surface area contributed by atoms with Gasteiger partial charge in [-0.1, -0.05) is 48.9 Å². The number of aromatic hydroxyl groups is 1. The van der Waals surface area contributed by atoms with Gasteiger partial charge in [0, 0.05) is 28.6 Å². The van der Waals surface area contributed by atoms with E-state index in [4.69, 9.17) is 11.6 Å². The van der Waals surface area contributed by atoms with Crippen LogP contribution in [0, 0.1) is 0 Å². The van der Waals surface area contributed by atoms with Crippen molar-refractivity contribution in [3.63, 3.8) is 0 Å². The Bertz CT molecular complexity index is 894. The van der Waals surface area contributed by atoms with Crippen LogP contribution in [0.4, 0.5) is 0 Å². The second kappa shape index (κ2) is 7.53. The smallest absolute Gasteiger partial charge is 0.220 e. The fourth-order valence-corrected chi connectivity index (χ4v) is 2.96. The summed E-state index contributed by atoms with van der Waals surface area (Å²) in [5.74, 6) is 0.0119. The second-order valence-corrected chi connectivity index (χ2v) is 6.32. The average molecular weight is 355 g/mol. The zero-order valence-corrected chi connectivity index (χ0v) is 14.6. The molecule has 0 bridgehead atoms. The molecule has 1 aromatic heterocycles. The molecule has 0 saturated heterocycles. The van der Waals surface area contributed by atoms with Gasteiger partial charge in [0.2, 0.25) is 5.91 Å². The van der Waals surface area contributed by atoms with E-state index in [-0.39, 0.29) is 11.7 Å². The zero-order valence-electron chi connectivity index (χ0n) is 13.9. The minimum Gasteiger partial charge on any atom is -0.505 e. The largest absolute Gasteiger partial charge is 0.505 e. The summed E-state index contributed by atoms with van der Waals surface area (Å²) in [6, 6.07) is 14.2. The molecule has 1 atom stereocenters. The van der Waals surface area contributed by atoms with Crippen molar-refractivity contribution < 1.29 is 9.90 Å². The molecule has 5 heteroatoms. The first-order valence-corrected chi connectivity index (χ1v) is 8.59. The van der Waals surface area contributed by atoms with Crippen molar-refractivity contribution in [3.05, 3.63) is 70.9 Å². The fraction of sp³-hybridized carbons (Fsp3) is 0.200. The number of nitrogens with zero attached hydrogens (tertiary/aromatic N) is 1. The number of benzene rings is 2. The van der Waals surface area contributed by atoms with Gasteiger partial charge in [0.15, 0.2) is 0 Å².